The molecule has 0 saturated heterocycles. The van der Waals surface area contributed by atoms with Gasteiger partial charge in [0.2, 0.25) is 0 Å². The number of anilines is 1. The molecule has 6 rings (SSSR count). The van der Waals surface area contributed by atoms with Gasteiger partial charge in [-0.3, -0.25) is 4.84 Å². The van der Waals surface area contributed by atoms with Crippen molar-refractivity contribution >= 4 is 27.8 Å². The minimum Gasteiger partial charge on any atom is -0.391 e. The summed E-state index contributed by atoms with van der Waals surface area (Å²) in [5.74, 6) is 1.33. The Morgan fingerprint density at radius 1 is 1.16 bits per heavy atom. The van der Waals surface area contributed by atoms with Gasteiger partial charge in [0.1, 0.15) is 12.0 Å². The summed E-state index contributed by atoms with van der Waals surface area (Å²) in [6, 6.07) is 10.9. The third-order valence-electron chi connectivity index (χ3n) is 6.99. The predicted octanol–water partition coefficient (Wildman–Crippen LogP) is 4.21. The van der Waals surface area contributed by atoms with Crippen molar-refractivity contribution in [2.24, 2.45) is 5.92 Å². The van der Waals surface area contributed by atoms with Crippen LogP contribution in [-0.4, -0.2) is 37.3 Å². The Kier molecular flexibility index (Phi) is 5.00. The first kappa shape index (κ1) is 19.6. The van der Waals surface area contributed by atoms with Crippen LogP contribution in [0.3, 0.4) is 0 Å². The summed E-state index contributed by atoms with van der Waals surface area (Å²) in [6.07, 6.45) is 10.9. The highest BCUT2D eigenvalue weighted by Crippen LogP contribution is 2.39. The van der Waals surface area contributed by atoms with Gasteiger partial charge in [-0.15, -0.1) is 0 Å². The Labute approximate surface area is 186 Å². The molecule has 4 heterocycles. The zero-order chi connectivity index (χ0) is 21.5. The zero-order valence-corrected chi connectivity index (χ0v) is 17.9. The maximum atomic E-state index is 10.8. The van der Waals surface area contributed by atoms with Crippen molar-refractivity contribution in [3.8, 4) is 0 Å². The lowest BCUT2D eigenvalue weighted by molar-refractivity contribution is 0.136. The molecule has 1 fully saturated rings. The van der Waals surface area contributed by atoms with Crippen LogP contribution in [0.2, 0.25) is 0 Å². The topological polar surface area (TPSA) is 85.1 Å². The fraction of sp³-hybridized carbons (Fsp3) is 0.400. The van der Waals surface area contributed by atoms with E-state index >= 15 is 0 Å². The molecule has 164 valence electrons. The highest BCUT2D eigenvalue weighted by atomic mass is 16.6. The van der Waals surface area contributed by atoms with Crippen LogP contribution in [0.25, 0.3) is 21.9 Å². The largest absolute Gasteiger partial charge is 0.391 e. The van der Waals surface area contributed by atoms with E-state index in [-0.39, 0.29) is 12.1 Å². The fourth-order valence-electron chi connectivity index (χ4n) is 5.31. The minimum atomic E-state index is -0.342. The Morgan fingerprint density at radius 3 is 3.09 bits per heavy atom. The lowest BCUT2D eigenvalue weighted by atomic mass is 9.97. The molecule has 0 unspecified atom stereocenters. The molecule has 0 amide bonds. The quantitative estimate of drug-likeness (QED) is 0.505. The minimum absolute atomic E-state index is 0.0761. The number of aromatic nitrogens is 4. The number of pyridine rings is 1. The van der Waals surface area contributed by atoms with E-state index in [0.29, 0.717) is 12.5 Å². The molecule has 1 aromatic carbocycles. The van der Waals surface area contributed by atoms with E-state index in [9.17, 15) is 5.11 Å². The molecule has 2 N–H and O–H groups in total. The smallest absolute Gasteiger partial charge is 0.153 e. The van der Waals surface area contributed by atoms with Crippen molar-refractivity contribution in [1.82, 2.24) is 19.5 Å². The summed E-state index contributed by atoms with van der Waals surface area (Å²) >= 11 is 0. The molecule has 32 heavy (non-hydrogen) atoms. The summed E-state index contributed by atoms with van der Waals surface area (Å²) in [6.45, 7) is 0.706. The van der Waals surface area contributed by atoms with Crippen LogP contribution in [0.4, 0.5) is 5.82 Å². The molecule has 4 aromatic rings. The lowest BCUT2D eigenvalue weighted by Gasteiger charge is -2.17. The molecule has 0 bridgehead atoms. The highest BCUT2D eigenvalue weighted by molar-refractivity contribution is 5.82. The summed E-state index contributed by atoms with van der Waals surface area (Å²) in [4.78, 5) is 18.8. The molecule has 1 aliphatic carbocycles. The monoisotopic (exact) mass is 429 g/mol. The molecule has 0 spiro atoms. The summed E-state index contributed by atoms with van der Waals surface area (Å²) in [7, 11) is 0. The first-order valence-corrected chi connectivity index (χ1v) is 11.5. The van der Waals surface area contributed by atoms with Gasteiger partial charge in [0.15, 0.2) is 5.82 Å². The number of rotatable bonds is 4. The Bertz CT molecular complexity index is 1270. The third kappa shape index (κ3) is 3.61. The van der Waals surface area contributed by atoms with Gasteiger partial charge in [-0.25, -0.2) is 20.4 Å². The number of hydrogen-bond donors (Lipinski definition) is 2. The van der Waals surface area contributed by atoms with Crippen LogP contribution < -0.4 is 5.48 Å². The van der Waals surface area contributed by atoms with Crippen molar-refractivity contribution in [3.63, 3.8) is 0 Å². The van der Waals surface area contributed by atoms with Crippen molar-refractivity contribution in [2.75, 3.05) is 12.1 Å². The average Bonchev–Trinajstić information content (AvgIpc) is 3.32. The van der Waals surface area contributed by atoms with Crippen molar-refractivity contribution < 1.29 is 9.94 Å². The van der Waals surface area contributed by atoms with Gasteiger partial charge in [0, 0.05) is 23.2 Å². The Hall–Kier alpha value is -3.03. The maximum absolute atomic E-state index is 10.8. The number of fused-ring (bicyclic) bond motifs is 3. The second-order valence-electron chi connectivity index (χ2n) is 9.11. The molecular weight excluding hydrogens is 402 g/mol. The van der Waals surface area contributed by atoms with E-state index in [1.165, 1.54) is 16.5 Å². The zero-order valence-electron chi connectivity index (χ0n) is 17.9. The van der Waals surface area contributed by atoms with Gasteiger partial charge in [-0.05, 0) is 73.8 Å². The summed E-state index contributed by atoms with van der Waals surface area (Å²) in [5, 5.41) is 13.0. The number of aliphatic hydroxyl groups is 1. The molecule has 0 radical (unpaired) electrons. The first-order chi connectivity index (χ1) is 15.7. The summed E-state index contributed by atoms with van der Waals surface area (Å²) in [5.41, 5.74) is 7.41. The molecule has 3 aromatic heterocycles. The molecular formula is C25H27N5O2. The van der Waals surface area contributed by atoms with E-state index in [4.69, 9.17) is 9.82 Å². The first-order valence-electron chi connectivity index (χ1n) is 11.5. The molecule has 7 nitrogen and oxygen atoms in total. The van der Waals surface area contributed by atoms with Crippen molar-refractivity contribution in [1.29, 1.82) is 0 Å². The molecule has 1 saturated carbocycles. The lowest BCUT2D eigenvalue weighted by Crippen LogP contribution is -2.17. The Morgan fingerprint density at radius 2 is 2.12 bits per heavy atom. The second-order valence-corrected chi connectivity index (χ2v) is 9.11. The van der Waals surface area contributed by atoms with Crippen LogP contribution >= 0.6 is 0 Å². The summed E-state index contributed by atoms with van der Waals surface area (Å²) < 4.78 is 2.13. The van der Waals surface area contributed by atoms with E-state index in [2.05, 4.69) is 44.3 Å². The number of nitrogens with one attached hydrogen (secondary N) is 1. The van der Waals surface area contributed by atoms with Crippen LogP contribution in [-0.2, 0) is 17.7 Å². The van der Waals surface area contributed by atoms with Crippen LogP contribution in [0.15, 0.2) is 49.1 Å². The van der Waals surface area contributed by atoms with Crippen LogP contribution in [0.1, 0.15) is 42.9 Å². The van der Waals surface area contributed by atoms with Crippen molar-refractivity contribution in [3.05, 3.63) is 60.2 Å². The number of benzene rings is 1. The van der Waals surface area contributed by atoms with Gasteiger partial charge < -0.3 is 9.67 Å². The number of aryl methyl sites for hydroxylation is 2. The molecule has 1 aliphatic heterocycles. The van der Waals surface area contributed by atoms with Crippen molar-refractivity contribution in [2.45, 2.75) is 50.7 Å². The van der Waals surface area contributed by atoms with Crippen LogP contribution in [0.5, 0.6) is 0 Å². The van der Waals surface area contributed by atoms with E-state index in [0.717, 1.165) is 60.9 Å². The van der Waals surface area contributed by atoms with Crippen LogP contribution in [0, 0.1) is 5.92 Å². The molecule has 2 aliphatic rings. The SMILES string of the molecule is O[C@@H]1C[C@@H](CCc2ccc3cc4c(nc3c2)NOCCC4)C[C@H]1n1ccc2cncnc21. The number of nitrogens with zero attached hydrogens (tertiary/aromatic N) is 4. The van der Waals surface area contributed by atoms with Gasteiger partial charge in [0.25, 0.3) is 0 Å². The van der Waals surface area contributed by atoms with E-state index < -0.39 is 0 Å². The van der Waals surface area contributed by atoms with E-state index in [1.807, 2.05) is 18.5 Å². The van der Waals surface area contributed by atoms with Gasteiger partial charge >= 0.3 is 0 Å². The Balaban J connectivity index is 1.16. The normalized spacial score (nSPS) is 23.2. The van der Waals surface area contributed by atoms with E-state index in [1.54, 1.807) is 6.33 Å². The maximum Gasteiger partial charge on any atom is 0.153 e. The standard InChI is InChI=1S/C25H27N5O2/c31-23-12-17(11-22(23)30-8-7-20-14-26-15-27-25(20)30)4-3-16-5-6-18-13-19-2-1-9-32-29-24(19)28-21(18)10-16/h5-8,10,13-15,17,22-23,31H,1-4,9,11-12H2,(H,28,29)/t17-,22+,23+/m0/s1. The van der Waals surface area contributed by atoms with Gasteiger partial charge in [-0.2, -0.15) is 0 Å². The average molecular weight is 430 g/mol. The highest BCUT2D eigenvalue weighted by Gasteiger charge is 2.34. The predicted molar refractivity (Wildman–Crippen MR) is 123 cm³/mol. The molecule has 3 atom stereocenters. The second kappa shape index (κ2) is 8.15. The van der Waals surface area contributed by atoms with Gasteiger partial charge in [-0.1, -0.05) is 12.1 Å². The number of hydrogen-bond acceptors (Lipinski definition) is 6. The third-order valence-corrected chi connectivity index (χ3v) is 6.99. The number of aliphatic hydroxyl groups excluding tert-OH is 1. The molecule has 7 heteroatoms. The fourth-order valence-corrected chi connectivity index (χ4v) is 5.31. The van der Waals surface area contributed by atoms with Gasteiger partial charge in [0.05, 0.1) is 24.3 Å².